The Morgan fingerprint density at radius 3 is 2.85 bits per heavy atom. The van der Waals surface area contributed by atoms with E-state index >= 15 is 0 Å². The molecule has 3 heterocycles. The van der Waals surface area contributed by atoms with Crippen LogP contribution in [-0.2, 0) is 17.7 Å². The number of fused-ring (bicyclic) bond motifs is 1. The summed E-state index contributed by atoms with van der Waals surface area (Å²) in [5.74, 6) is 0.916. The number of hydrogen-bond acceptors (Lipinski definition) is 6. The Labute approximate surface area is 161 Å². The smallest absolute Gasteiger partial charge is 0.317 e. The van der Waals surface area contributed by atoms with Gasteiger partial charge in [0, 0.05) is 52.2 Å². The van der Waals surface area contributed by atoms with Gasteiger partial charge in [0.05, 0.1) is 18.9 Å². The number of anilines is 1. The van der Waals surface area contributed by atoms with Crippen LogP contribution >= 0.6 is 0 Å². The fourth-order valence-electron chi connectivity index (χ4n) is 3.29. The maximum absolute atomic E-state index is 12.4. The van der Waals surface area contributed by atoms with E-state index in [1.54, 1.807) is 0 Å². The predicted octanol–water partition coefficient (Wildman–Crippen LogP) is 0.889. The van der Waals surface area contributed by atoms with Gasteiger partial charge in [-0.2, -0.15) is 5.10 Å². The van der Waals surface area contributed by atoms with E-state index in [1.807, 2.05) is 11.0 Å². The zero-order chi connectivity index (χ0) is 19.1. The third-order valence-electron chi connectivity index (χ3n) is 5.03. The summed E-state index contributed by atoms with van der Waals surface area (Å²) in [4.78, 5) is 18.8. The number of amides is 2. The summed E-state index contributed by atoms with van der Waals surface area (Å²) in [5, 5.41) is 11.8. The van der Waals surface area contributed by atoms with Gasteiger partial charge in [-0.05, 0) is 25.1 Å². The molecular weight excluding hydrogens is 344 g/mol. The number of rotatable bonds is 7. The molecule has 0 saturated carbocycles. The summed E-state index contributed by atoms with van der Waals surface area (Å²) >= 11 is 0. The highest BCUT2D eigenvalue weighted by Crippen LogP contribution is 2.21. The zero-order valence-electron chi connectivity index (χ0n) is 16.2. The number of piperazine rings is 1. The molecule has 8 nitrogen and oxygen atoms in total. The first kappa shape index (κ1) is 19.6. The molecule has 0 bridgehead atoms. The van der Waals surface area contributed by atoms with Crippen LogP contribution in [0.25, 0.3) is 0 Å². The predicted molar refractivity (Wildman–Crippen MR) is 105 cm³/mol. The minimum atomic E-state index is -0.0501. The number of urea groups is 1. The molecule has 0 unspecified atom stereocenters. The van der Waals surface area contributed by atoms with Gasteiger partial charge < -0.3 is 24.8 Å². The number of aromatic nitrogens is 2. The van der Waals surface area contributed by atoms with Gasteiger partial charge in [-0.1, -0.05) is 6.08 Å². The van der Waals surface area contributed by atoms with Gasteiger partial charge in [0.15, 0.2) is 5.82 Å². The maximum Gasteiger partial charge on any atom is 0.317 e. The largest absolute Gasteiger partial charge is 0.379 e. The molecule has 0 radical (unpaired) electrons. The second kappa shape index (κ2) is 9.66. The van der Waals surface area contributed by atoms with Gasteiger partial charge in [-0.3, -0.25) is 0 Å². The Hall–Kier alpha value is -2.19. The van der Waals surface area contributed by atoms with Crippen molar-refractivity contribution in [2.24, 2.45) is 0 Å². The Kier molecular flexibility index (Phi) is 7.00. The Morgan fingerprint density at radius 2 is 2.07 bits per heavy atom. The average molecular weight is 374 g/mol. The van der Waals surface area contributed by atoms with E-state index in [1.165, 1.54) is 0 Å². The molecule has 148 valence electrons. The molecule has 27 heavy (non-hydrogen) atoms. The van der Waals surface area contributed by atoms with E-state index in [-0.39, 0.29) is 6.03 Å². The monoisotopic (exact) mass is 374 g/mol. The third-order valence-corrected chi connectivity index (χ3v) is 5.03. The summed E-state index contributed by atoms with van der Waals surface area (Å²) in [6.07, 6.45) is 3.39. The van der Waals surface area contributed by atoms with Crippen LogP contribution in [0.3, 0.4) is 0 Å². The first-order valence-electron chi connectivity index (χ1n) is 9.67. The van der Waals surface area contributed by atoms with Crippen molar-refractivity contribution in [1.82, 2.24) is 25.3 Å². The number of ether oxygens (including phenoxy) is 1. The summed E-state index contributed by atoms with van der Waals surface area (Å²) in [5.41, 5.74) is 2.10. The van der Waals surface area contributed by atoms with Crippen LogP contribution in [-0.4, -0.2) is 85.6 Å². The lowest BCUT2D eigenvalue weighted by atomic mass is 10.1. The minimum Gasteiger partial charge on any atom is -0.379 e. The number of hydrogen-bond donors (Lipinski definition) is 1. The molecule has 1 aromatic heterocycles. The van der Waals surface area contributed by atoms with E-state index in [4.69, 9.17) is 4.74 Å². The number of carbonyl (C=O) groups excluding carboxylic acids is 1. The van der Waals surface area contributed by atoms with Crippen LogP contribution in [0.2, 0.25) is 0 Å². The van der Waals surface area contributed by atoms with Crippen LogP contribution in [0.15, 0.2) is 18.7 Å². The highest BCUT2D eigenvalue weighted by atomic mass is 16.5. The van der Waals surface area contributed by atoms with E-state index in [0.717, 1.165) is 56.1 Å². The van der Waals surface area contributed by atoms with Gasteiger partial charge in [0.25, 0.3) is 0 Å². The quantitative estimate of drug-likeness (QED) is 0.564. The van der Waals surface area contributed by atoms with E-state index in [2.05, 4.69) is 45.0 Å². The van der Waals surface area contributed by atoms with Crippen molar-refractivity contribution in [3.05, 3.63) is 30.0 Å². The first-order valence-corrected chi connectivity index (χ1v) is 9.67. The fraction of sp³-hybridized carbons (Fsp3) is 0.632. The van der Waals surface area contributed by atoms with Gasteiger partial charge in [-0.25, -0.2) is 4.79 Å². The second-order valence-electron chi connectivity index (χ2n) is 7.06. The second-order valence-corrected chi connectivity index (χ2v) is 7.06. The van der Waals surface area contributed by atoms with E-state index in [9.17, 15) is 4.79 Å². The van der Waals surface area contributed by atoms with Crippen molar-refractivity contribution in [2.45, 2.75) is 19.4 Å². The molecule has 8 heteroatoms. The fourth-order valence-corrected chi connectivity index (χ4v) is 3.29. The number of carbonyl (C=O) groups is 1. The lowest BCUT2D eigenvalue weighted by molar-refractivity contribution is 0.137. The molecule has 0 atom stereocenters. The summed E-state index contributed by atoms with van der Waals surface area (Å²) in [6.45, 7) is 10.5. The molecule has 2 amide bonds. The molecule has 2 aliphatic heterocycles. The van der Waals surface area contributed by atoms with E-state index in [0.29, 0.717) is 32.8 Å². The van der Waals surface area contributed by atoms with Crippen molar-refractivity contribution in [3.8, 4) is 0 Å². The van der Waals surface area contributed by atoms with Crippen LogP contribution in [0.1, 0.15) is 17.7 Å². The normalized spacial score (nSPS) is 17.5. The molecule has 0 aromatic carbocycles. The van der Waals surface area contributed by atoms with Gasteiger partial charge in [-0.15, -0.1) is 11.7 Å². The van der Waals surface area contributed by atoms with Crippen LogP contribution < -0.4 is 10.2 Å². The Balaban J connectivity index is 1.51. The van der Waals surface area contributed by atoms with Crippen LogP contribution in [0.4, 0.5) is 10.6 Å². The topological polar surface area (TPSA) is 73.8 Å². The van der Waals surface area contributed by atoms with E-state index < -0.39 is 0 Å². The third kappa shape index (κ3) is 5.40. The zero-order valence-corrected chi connectivity index (χ0v) is 16.2. The van der Waals surface area contributed by atoms with Crippen molar-refractivity contribution in [2.75, 3.05) is 64.4 Å². The number of likely N-dealkylation sites (N-methyl/N-ethyl adjacent to an activating group) is 1. The van der Waals surface area contributed by atoms with Crippen LogP contribution in [0, 0.1) is 0 Å². The lowest BCUT2D eigenvalue weighted by Gasteiger charge is -2.34. The highest BCUT2D eigenvalue weighted by molar-refractivity contribution is 5.74. The summed E-state index contributed by atoms with van der Waals surface area (Å²) in [7, 11) is 2.14. The first-order chi connectivity index (χ1) is 13.2. The average Bonchev–Trinajstić information content (AvgIpc) is 2.70. The van der Waals surface area contributed by atoms with Crippen molar-refractivity contribution < 1.29 is 9.53 Å². The summed E-state index contributed by atoms with van der Waals surface area (Å²) < 4.78 is 5.43. The van der Waals surface area contributed by atoms with Gasteiger partial charge in [0.2, 0.25) is 0 Å². The highest BCUT2D eigenvalue weighted by Gasteiger charge is 2.24. The molecule has 0 aliphatic carbocycles. The standard InChI is InChI=1S/C19H30N6O2/c1-3-4-12-27-13-6-20-19(26)25-7-5-17-16(15-25)14-18(22-21-17)24-10-8-23(2)9-11-24/h3,14H,1,4-13,15H2,2H3,(H,20,26). The van der Waals surface area contributed by atoms with Crippen molar-refractivity contribution in [3.63, 3.8) is 0 Å². The Bertz CT molecular complexity index is 645. The molecule has 1 N–H and O–H groups in total. The molecule has 0 spiro atoms. The van der Waals surface area contributed by atoms with Crippen molar-refractivity contribution >= 4 is 11.8 Å². The molecule has 2 aliphatic rings. The maximum atomic E-state index is 12.4. The van der Waals surface area contributed by atoms with Crippen molar-refractivity contribution in [1.29, 1.82) is 0 Å². The molecule has 1 saturated heterocycles. The Morgan fingerprint density at radius 1 is 1.26 bits per heavy atom. The molecule has 1 aromatic rings. The molecule has 1 fully saturated rings. The SMILES string of the molecule is C=CCCOCCNC(=O)N1CCc2nnc(N3CCN(C)CC3)cc2C1. The van der Waals surface area contributed by atoms with Gasteiger partial charge >= 0.3 is 6.03 Å². The van der Waals surface area contributed by atoms with Gasteiger partial charge in [0.1, 0.15) is 0 Å². The number of nitrogens with one attached hydrogen (secondary N) is 1. The summed E-state index contributed by atoms with van der Waals surface area (Å²) in [6, 6.07) is 2.05. The molecule has 3 rings (SSSR count). The number of nitrogens with zero attached hydrogens (tertiary/aromatic N) is 5. The van der Waals surface area contributed by atoms with Crippen LogP contribution in [0.5, 0.6) is 0 Å². The molecular formula is C19H30N6O2. The minimum absolute atomic E-state index is 0.0501. The lowest BCUT2D eigenvalue weighted by Crippen LogP contribution is -2.45.